The molecule has 11 heavy (non-hydrogen) atoms. The first kappa shape index (κ1) is 7.61. The van der Waals surface area contributed by atoms with Crippen LogP contribution < -0.4 is 11.6 Å². The van der Waals surface area contributed by atoms with E-state index in [9.17, 15) is 10.1 Å². The van der Waals surface area contributed by atoms with Gasteiger partial charge in [0.05, 0.1) is 4.92 Å². The highest BCUT2D eigenvalue weighted by Crippen LogP contribution is 2.27. The lowest BCUT2D eigenvalue weighted by Crippen LogP contribution is -2.10. The number of hydrogen-bond donors (Lipinski definition) is 2. The predicted octanol–water partition coefficient (Wildman–Crippen LogP) is -0.259. The highest BCUT2D eigenvalue weighted by atomic mass is 35.5. The van der Waals surface area contributed by atoms with Gasteiger partial charge < -0.3 is 11.6 Å². The average molecular weight is 178 g/mol. The fraction of sp³-hybridized carbons (Fsp3) is 0. The van der Waals surface area contributed by atoms with Crippen molar-refractivity contribution in [2.45, 2.75) is 0 Å². The first-order chi connectivity index (χ1) is 5.04. The molecule has 4 N–H and O–H groups in total. The Hall–Kier alpha value is -1.50. The predicted molar refractivity (Wildman–Crippen MR) is 38.5 cm³/mol. The number of nitrogen functional groups attached to an aromatic ring is 2. The van der Waals surface area contributed by atoms with Crippen LogP contribution in [0.25, 0.3) is 0 Å². The number of rotatable bonds is 1. The standard InChI is InChI=1S/C3H4ClN5O2/c4-2-1(9(10)11)3(5)7-8(2)6/h6H2,(H2,5,7). The number of nitrogens with two attached hydrogens (primary N) is 2. The maximum absolute atomic E-state index is 10.2. The Morgan fingerprint density at radius 3 is 2.45 bits per heavy atom. The summed E-state index contributed by atoms with van der Waals surface area (Å²) in [5.41, 5.74) is 4.64. The van der Waals surface area contributed by atoms with Gasteiger partial charge in [-0.15, -0.1) is 5.10 Å². The molecule has 0 aliphatic carbocycles. The smallest absolute Gasteiger partial charge is 0.351 e. The van der Waals surface area contributed by atoms with Gasteiger partial charge in [0.1, 0.15) is 0 Å². The molecule has 1 aromatic heterocycles. The van der Waals surface area contributed by atoms with Crippen LogP contribution in [-0.2, 0) is 0 Å². The van der Waals surface area contributed by atoms with Crippen LogP contribution in [-0.4, -0.2) is 14.8 Å². The molecule has 0 radical (unpaired) electrons. The van der Waals surface area contributed by atoms with Gasteiger partial charge >= 0.3 is 5.69 Å². The quantitative estimate of drug-likeness (QED) is 0.349. The summed E-state index contributed by atoms with van der Waals surface area (Å²) in [4.78, 5) is 10.1. The number of aromatic nitrogens is 2. The molecule has 0 aliphatic rings. The number of anilines is 1. The van der Waals surface area contributed by atoms with E-state index >= 15 is 0 Å². The van der Waals surface area contributed by atoms with Crippen LogP contribution in [0.1, 0.15) is 0 Å². The van der Waals surface area contributed by atoms with E-state index in [-0.39, 0.29) is 11.0 Å². The molecule has 0 atom stereocenters. The van der Waals surface area contributed by atoms with Crippen molar-refractivity contribution in [1.82, 2.24) is 9.89 Å². The zero-order valence-electron chi connectivity index (χ0n) is 5.19. The molecule has 7 nitrogen and oxygen atoms in total. The molecule has 1 rings (SSSR count). The molecule has 1 aromatic rings. The Bertz CT molecular complexity index is 307. The fourth-order valence-electron chi connectivity index (χ4n) is 0.590. The average Bonchev–Trinajstić information content (AvgIpc) is 2.07. The molecule has 0 saturated carbocycles. The lowest BCUT2D eigenvalue weighted by molar-refractivity contribution is -0.383. The van der Waals surface area contributed by atoms with Crippen LogP contribution >= 0.6 is 11.6 Å². The second-order valence-electron chi connectivity index (χ2n) is 1.73. The third-order valence-corrected chi connectivity index (χ3v) is 1.39. The Morgan fingerprint density at radius 1 is 1.73 bits per heavy atom. The van der Waals surface area contributed by atoms with Crippen molar-refractivity contribution >= 4 is 23.1 Å². The van der Waals surface area contributed by atoms with E-state index in [1.807, 2.05) is 0 Å². The van der Waals surface area contributed by atoms with Gasteiger partial charge in [0.25, 0.3) is 0 Å². The lowest BCUT2D eigenvalue weighted by Gasteiger charge is -1.87. The zero-order chi connectivity index (χ0) is 8.59. The number of nitrogens with zero attached hydrogens (tertiary/aromatic N) is 3. The van der Waals surface area contributed by atoms with Crippen molar-refractivity contribution < 1.29 is 4.92 Å². The minimum absolute atomic E-state index is 0.285. The van der Waals surface area contributed by atoms with Gasteiger partial charge in [-0.3, -0.25) is 10.1 Å². The van der Waals surface area contributed by atoms with Crippen LogP contribution in [0.15, 0.2) is 0 Å². The van der Waals surface area contributed by atoms with Crippen LogP contribution in [0.2, 0.25) is 5.15 Å². The minimum atomic E-state index is -0.742. The van der Waals surface area contributed by atoms with Crippen molar-refractivity contribution in [2.75, 3.05) is 11.6 Å². The maximum Gasteiger partial charge on any atom is 0.351 e. The molecule has 8 heteroatoms. The van der Waals surface area contributed by atoms with Crippen molar-refractivity contribution in [3.63, 3.8) is 0 Å². The van der Waals surface area contributed by atoms with E-state index in [1.165, 1.54) is 0 Å². The summed E-state index contributed by atoms with van der Waals surface area (Å²) in [6, 6.07) is 0. The van der Waals surface area contributed by atoms with Gasteiger partial charge in [-0.1, -0.05) is 11.6 Å². The van der Waals surface area contributed by atoms with Gasteiger partial charge in [-0.25, -0.2) is 0 Å². The van der Waals surface area contributed by atoms with E-state index < -0.39 is 10.6 Å². The summed E-state index contributed by atoms with van der Waals surface area (Å²) in [6.45, 7) is 0. The third kappa shape index (κ3) is 1.05. The summed E-state index contributed by atoms with van der Waals surface area (Å²) < 4.78 is 0. The Balaban J connectivity index is 3.34. The summed E-state index contributed by atoms with van der Waals surface area (Å²) >= 11 is 5.36. The second-order valence-corrected chi connectivity index (χ2v) is 2.08. The second kappa shape index (κ2) is 2.27. The van der Waals surface area contributed by atoms with Crippen LogP contribution in [0, 0.1) is 10.1 Å². The first-order valence-electron chi connectivity index (χ1n) is 2.47. The summed E-state index contributed by atoms with van der Waals surface area (Å²) in [7, 11) is 0. The maximum atomic E-state index is 10.2. The molecule has 0 aliphatic heterocycles. The Kier molecular flexibility index (Phi) is 1.57. The van der Waals surface area contributed by atoms with E-state index in [1.54, 1.807) is 0 Å². The Morgan fingerprint density at radius 2 is 2.27 bits per heavy atom. The monoisotopic (exact) mass is 177 g/mol. The molecule has 0 bridgehead atoms. The van der Waals surface area contributed by atoms with E-state index in [4.69, 9.17) is 23.2 Å². The van der Waals surface area contributed by atoms with E-state index in [0.717, 1.165) is 0 Å². The SMILES string of the molecule is Nc1nn(N)c(Cl)c1[N+](=O)[O-]. The molecule has 0 aromatic carbocycles. The van der Waals surface area contributed by atoms with Crippen molar-refractivity contribution in [3.05, 3.63) is 15.3 Å². The van der Waals surface area contributed by atoms with Gasteiger partial charge in [-0.05, 0) is 0 Å². The molecule has 0 saturated heterocycles. The molecule has 0 fully saturated rings. The van der Waals surface area contributed by atoms with Crippen molar-refractivity contribution in [1.29, 1.82) is 0 Å². The van der Waals surface area contributed by atoms with Gasteiger partial charge in [0.2, 0.25) is 11.0 Å². The minimum Gasteiger partial charge on any atom is -0.376 e. The molecule has 1 heterocycles. The highest BCUT2D eigenvalue weighted by molar-refractivity contribution is 6.32. The topological polar surface area (TPSA) is 113 Å². The van der Waals surface area contributed by atoms with E-state index in [0.29, 0.717) is 4.79 Å². The molecular formula is C3H4ClN5O2. The normalized spacial score (nSPS) is 9.91. The van der Waals surface area contributed by atoms with Gasteiger partial charge in [-0.2, -0.15) is 4.79 Å². The first-order valence-corrected chi connectivity index (χ1v) is 2.85. The van der Waals surface area contributed by atoms with Crippen molar-refractivity contribution in [2.24, 2.45) is 0 Å². The van der Waals surface area contributed by atoms with Crippen LogP contribution in [0.4, 0.5) is 11.5 Å². The summed E-state index contributed by atoms with van der Waals surface area (Å²) in [5.74, 6) is 4.78. The number of hydrogen-bond acceptors (Lipinski definition) is 5. The number of nitro groups is 1. The van der Waals surface area contributed by atoms with Crippen molar-refractivity contribution in [3.8, 4) is 0 Å². The van der Waals surface area contributed by atoms with Gasteiger partial charge in [0, 0.05) is 0 Å². The van der Waals surface area contributed by atoms with Crippen LogP contribution in [0.3, 0.4) is 0 Å². The summed E-state index contributed by atoms with van der Waals surface area (Å²) in [6.07, 6.45) is 0. The lowest BCUT2D eigenvalue weighted by atomic mass is 10.5. The summed E-state index contributed by atoms with van der Waals surface area (Å²) in [5, 5.41) is 13.2. The number of halogens is 1. The molecule has 0 amide bonds. The molecule has 0 unspecified atom stereocenters. The zero-order valence-corrected chi connectivity index (χ0v) is 5.95. The third-order valence-electron chi connectivity index (χ3n) is 1.04. The van der Waals surface area contributed by atoms with Gasteiger partial charge in [0.15, 0.2) is 0 Å². The highest BCUT2D eigenvalue weighted by Gasteiger charge is 2.23. The van der Waals surface area contributed by atoms with Crippen LogP contribution in [0.5, 0.6) is 0 Å². The molecule has 60 valence electrons. The molecule has 0 spiro atoms. The largest absolute Gasteiger partial charge is 0.376 e. The Labute approximate surface area is 65.6 Å². The van der Waals surface area contributed by atoms with E-state index in [2.05, 4.69) is 5.10 Å². The fourth-order valence-corrected chi connectivity index (χ4v) is 0.794. The molecular weight excluding hydrogens is 174 g/mol.